The van der Waals surface area contributed by atoms with Crippen molar-refractivity contribution in [3.05, 3.63) is 0 Å². The molecule has 0 aromatic heterocycles. The largest absolute Gasteiger partial charge is 0.313 e. The zero-order chi connectivity index (χ0) is 11.5. The number of hydrogen-bond acceptors (Lipinski definition) is 2. The van der Waals surface area contributed by atoms with E-state index in [1.54, 1.807) is 0 Å². The molecule has 3 atom stereocenters. The Kier molecular flexibility index (Phi) is 4.98. The van der Waals surface area contributed by atoms with Crippen molar-refractivity contribution in [2.75, 3.05) is 12.8 Å². The van der Waals surface area contributed by atoms with Crippen LogP contribution in [0.3, 0.4) is 0 Å². The van der Waals surface area contributed by atoms with Gasteiger partial charge in [0.2, 0.25) is 0 Å². The van der Waals surface area contributed by atoms with Crippen molar-refractivity contribution < 1.29 is 0 Å². The van der Waals surface area contributed by atoms with Gasteiger partial charge >= 0.3 is 0 Å². The van der Waals surface area contributed by atoms with E-state index in [1.807, 2.05) is 11.8 Å². The molecule has 0 heterocycles. The van der Waals surface area contributed by atoms with Gasteiger partial charge < -0.3 is 5.32 Å². The predicted molar refractivity (Wildman–Crippen MR) is 71.6 cm³/mol. The molecule has 1 aliphatic carbocycles. The smallest absolute Gasteiger partial charge is 0.0141 e. The maximum atomic E-state index is 3.74. The summed E-state index contributed by atoms with van der Waals surface area (Å²) in [5.74, 6) is 0.836. The second-order valence-corrected chi connectivity index (χ2v) is 7.22. The average molecular weight is 229 g/mol. The van der Waals surface area contributed by atoms with Crippen molar-refractivity contribution in [2.45, 2.75) is 58.2 Å². The molecule has 15 heavy (non-hydrogen) atoms. The van der Waals surface area contributed by atoms with Crippen LogP contribution in [-0.4, -0.2) is 24.1 Å². The summed E-state index contributed by atoms with van der Waals surface area (Å²) in [4.78, 5) is 0. The Morgan fingerprint density at radius 3 is 2.67 bits per heavy atom. The average Bonchev–Trinajstić information content (AvgIpc) is 2.15. The van der Waals surface area contributed by atoms with Crippen molar-refractivity contribution in [1.29, 1.82) is 0 Å². The molecule has 1 rings (SSSR count). The molecule has 3 unspecified atom stereocenters. The summed E-state index contributed by atoms with van der Waals surface area (Å²) in [7, 11) is 0. The lowest BCUT2D eigenvalue weighted by atomic mass is 9.70. The van der Waals surface area contributed by atoms with Crippen LogP contribution in [-0.2, 0) is 0 Å². The fraction of sp³-hybridized carbons (Fsp3) is 1.00. The molecule has 0 bridgehead atoms. The van der Waals surface area contributed by atoms with Gasteiger partial charge in [0, 0.05) is 17.8 Å². The zero-order valence-corrected chi connectivity index (χ0v) is 11.8. The molecule has 90 valence electrons. The minimum Gasteiger partial charge on any atom is -0.313 e. The van der Waals surface area contributed by atoms with E-state index in [0.29, 0.717) is 5.41 Å². The minimum atomic E-state index is 0.572. The molecule has 2 heteroatoms. The first-order valence-corrected chi connectivity index (χ1v) is 7.49. The van der Waals surface area contributed by atoms with Crippen LogP contribution >= 0.6 is 11.8 Å². The fourth-order valence-electron chi connectivity index (χ4n) is 2.65. The Hall–Kier alpha value is 0.310. The third kappa shape index (κ3) is 4.36. The van der Waals surface area contributed by atoms with Crippen LogP contribution in [0.2, 0.25) is 0 Å². The van der Waals surface area contributed by atoms with Crippen LogP contribution in [0.25, 0.3) is 0 Å². The first kappa shape index (κ1) is 13.4. The van der Waals surface area contributed by atoms with Crippen molar-refractivity contribution in [2.24, 2.45) is 11.3 Å². The molecule has 0 saturated heterocycles. The Balaban J connectivity index is 2.32. The van der Waals surface area contributed by atoms with Crippen LogP contribution in [0.5, 0.6) is 0 Å². The van der Waals surface area contributed by atoms with Crippen LogP contribution in [0.15, 0.2) is 0 Å². The van der Waals surface area contributed by atoms with Gasteiger partial charge in [0.25, 0.3) is 0 Å². The maximum Gasteiger partial charge on any atom is 0.0141 e. The highest BCUT2D eigenvalue weighted by molar-refractivity contribution is 7.99. The first-order chi connectivity index (χ1) is 6.94. The van der Waals surface area contributed by atoms with E-state index < -0.39 is 0 Å². The standard InChI is InChI=1S/C13H27NS/c1-10-8-13(3,4)7-6-12(10)14-9-11(2)15-5/h10-12,14H,6-9H2,1-5H3. The second-order valence-electron chi connectivity index (χ2n) is 5.95. The fourth-order valence-corrected chi connectivity index (χ4v) is 2.91. The molecule has 1 N–H and O–H groups in total. The monoisotopic (exact) mass is 229 g/mol. The topological polar surface area (TPSA) is 12.0 Å². The number of nitrogens with one attached hydrogen (secondary N) is 1. The SMILES string of the molecule is CSC(C)CNC1CCC(C)(C)CC1C. The summed E-state index contributed by atoms with van der Waals surface area (Å²) in [6, 6.07) is 0.757. The second kappa shape index (κ2) is 5.58. The van der Waals surface area contributed by atoms with Crippen LogP contribution in [0, 0.1) is 11.3 Å². The summed E-state index contributed by atoms with van der Waals surface area (Å²) in [6.45, 7) is 10.7. The maximum absolute atomic E-state index is 3.74. The van der Waals surface area contributed by atoms with E-state index >= 15 is 0 Å². The van der Waals surface area contributed by atoms with Crippen LogP contribution < -0.4 is 5.32 Å². The van der Waals surface area contributed by atoms with Gasteiger partial charge in [0.05, 0.1) is 0 Å². The Bertz CT molecular complexity index is 191. The van der Waals surface area contributed by atoms with Crippen LogP contribution in [0.4, 0.5) is 0 Å². The molecule has 1 nitrogen and oxygen atoms in total. The summed E-state index contributed by atoms with van der Waals surface area (Å²) in [5, 5.41) is 4.48. The van der Waals surface area contributed by atoms with Crippen LogP contribution in [0.1, 0.15) is 47.0 Å². The Morgan fingerprint density at radius 1 is 1.47 bits per heavy atom. The molecular weight excluding hydrogens is 202 g/mol. The predicted octanol–water partition coefficient (Wildman–Crippen LogP) is 3.54. The molecule has 1 aliphatic rings. The lowest BCUT2D eigenvalue weighted by Crippen LogP contribution is -2.43. The minimum absolute atomic E-state index is 0.572. The lowest BCUT2D eigenvalue weighted by Gasteiger charge is -2.40. The molecule has 0 aromatic carbocycles. The van der Waals surface area contributed by atoms with Crippen molar-refractivity contribution in [1.82, 2.24) is 5.32 Å². The highest BCUT2D eigenvalue weighted by Crippen LogP contribution is 2.38. The van der Waals surface area contributed by atoms with Crippen molar-refractivity contribution in [3.8, 4) is 0 Å². The van der Waals surface area contributed by atoms with Gasteiger partial charge in [-0.15, -0.1) is 0 Å². The lowest BCUT2D eigenvalue weighted by molar-refractivity contribution is 0.149. The molecule has 0 radical (unpaired) electrons. The zero-order valence-electron chi connectivity index (χ0n) is 11.0. The van der Waals surface area contributed by atoms with Gasteiger partial charge in [-0.1, -0.05) is 27.7 Å². The van der Waals surface area contributed by atoms with E-state index in [1.165, 1.54) is 19.3 Å². The molecule has 0 aromatic rings. The van der Waals surface area contributed by atoms with Gasteiger partial charge in [-0.3, -0.25) is 0 Å². The Morgan fingerprint density at radius 2 is 2.13 bits per heavy atom. The van der Waals surface area contributed by atoms with Gasteiger partial charge in [-0.25, -0.2) is 0 Å². The first-order valence-electron chi connectivity index (χ1n) is 6.21. The molecule has 1 saturated carbocycles. The van der Waals surface area contributed by atoms with Crippen molar-refractivity contribution in [3.63, 3.8) is 0 Å². The molecule has 0 spiro atoms. The van der Waals surface area contributed by atoms with E-state index in [9.17, 15) is 0 Å². The third-order valence-electron chi connectivity index (χ3n) is 3.76. The molecule has 0 aliphatic heterocycles. The summed E-state index contributed by atoms with van der Waals surface area (Å²) in [5.41, 5.74) is 0.572. The highest BCUT2D eigenvalue weighted by atomic mass is 32.2. The summed E-state index contributed by atoms with van der Waals surface area (Å²) >= 11 is 1.95. The number of hydrogen-bond donors (Lipinski definition) is 1. The van der Waals surface area contributed by atoms with E-state index in [4.69, 9.17) is 0 Å². The van der Waals surface area contributed by atoms with Gasteiger partial charge in [0.15, 0.2) is 0 Å². The molecular formula is C13H27NS. The number of rotatable bonds is 4. The Labute approximate surface area is 99.8 Å². The van der Waals surface area contributed by atoms with Gasteiger partial charge in [-0.2, -0.15) is 11.8 Å². The van der Waals surface area contributed by atoms with Crippen molar-refractivity contribution >= 4 is 11.8 Å². The quantitative estimate of drug-likeness (QED) is 0.791. The van der Waals surface area contributed by atoms with Gasteiger partial charge in [0.1, 0.15) is 0 Å². The normalized spacial score (nSPS) is 32.6. The third-order valence-corrected chi connectivity index (χ3v) is 4.73. The molecule has 0 amide bonds. The summed E-state index contributed by atoms with van der Waals surface area (Å²) < 4.78 is 0. The summed E-state index contributed by atoms with van der Waals surface area (Å²) in [6.07, 6.45) is 6.30. The van der Waals surface area contributed by atoms with E-state index in [2.05, 4.69) is 39.3 Å². The number of thioether (sulfide) groups is 1. The van der Waals surface area contributed by atoms with Gasteiger partial charge in [-0.05, 0) is 36.9 Å². The highest BCUT2D eigenvalue weighted by Gasteiger charge is 2.31. The van der Waals surface area contributed by atoms with E-state index in [-0.39, 0.29) is 0 Å². The molecule has 1 fully saturated rings. The van der Waals surface area contributed by atoms with E-state index in [0.717, 1.165) is 23.8 Å².